The Labute approximate surface area is 155 Å². The highest BCUT2D eigenvalue weighted by Crippen LogP contribution is 2.14. The Morgan fingerprint density at radius 3 is 2.52 bits per heavy atom. The lowest BCUT2D eigenvalue weighted by Crippen LogP contribution is -2.20. The normalized spacial score (nSPS) is 10.7. The van der Waals surface area contributed by atoms with Gasteiger partial charge in [0, 0.05) is 5.69 Å². The molecule has 0 saturated heterocycles. The van der Waals surface area contributed by atoms with E-state index in [2.05, 4.69) is 22.2 Å². The lowest BCUT2D eigenvalue weighted by Gasteiger charge is -2.07. The zero-order valence-electron chi connectivity index (χ0n) is 15.0. The maximum atomic E-state index is 12.1. The summed E-state index contributed by atoms with van der Waals surface area (Å²) in [5, 5.41) is 2.63. The van der Waals surface area contributed by atoms with Crippen molar-refractivity contribution in [3.8, 4) is 0 Å². The number of unbranched alkanes of at least 4 members (excludes halogenated alkanes) is 1. The van der Waals surface area contributed by atoms with E-state index in [0.29, 0.717) is 22.3 Å². The average molecular weight is 367 g/mol. The molecular formula is C20H21N3O4. The number of nitrogens with one attached hydrogen (secondary N) is 3. The molecule has 7 nitrogen and oxygen atoms in total. The van der Waals surface area contributed by atoms with Crippen molar-refractivity contribution in [3.05, 3.63) is 64.1 Å². The maximum absolute atomic E-state index is 12.1. The number of amides is 1. The lowest BCUT2D eigenvalue weighted by atomic mass is 10.1. The van der Waals surface area contributed by atoms with Gasteiger partial charge in [-0.2, -0.15) is 0 Å². The van der Waals surface area contributed by atoms with Gasteiger partial charge in [-0.15, -0.1) is 0 Å². The van der Waals surface area contributed by atoms with Crippen LogP contribution < -0.4 is 11.0 Å². The van der Waals surface area contributed by atoms with Crippen molar-refractivity contribution in [2.45, 2.75) is 26.2 Å². The Kier molecular flexibility index (Phi) is 5.71. The van der Waals surface area contributed by atoms with Crippen LogP contribution in [0.4, 0.5) is 5.69 Å². The van der Waals surface area contributed by atoms with Gasteiger partial charge in [0.05, 0.1) is 16.6 Å². The highest BCUT2D eigenvalue weighted by Gasteiger charge is 2.11. The first kappa shape index (κ1) is 18.4. The highest BCUT2D eigenvalue weighted by molar-refractivity contribution is 5.96. The molecule has 0 bridgehead atoms. The predicted molar refractivity (Wildman–Crippen MR) is 103 cm³/mol. The fraction of sp³-hybridized carbons (Fsp3) is 0.250. The van der Waals surface area contributed by atoms with Crippen molar-refractivity contribution in [2.24, 2.45) is 0 Å². The third-order valence-corrected chi connectivity index (χ3v) is 4.14. The van der Waals surface area contributed by atoms with Gasteiger partial charge < -0.3 is 20.0 Å². The number of aryl methyl sites for hydroxylation is 1. The van der Waals surface area contributed by atoms with Crippen LogP contribution in [0.3, 0.4) is 0 Å². The van der Waals surface area contributed by atoms with Gasteiger partial charge in [-0.3, -0.25) is 4.79 Å². The molecule has 27 heavy (non-hydrogen) atoms. The quantitative estimate of drug-likeness (QED) is 0.558. The molecule has 7 heteroatoms. The van der Waals surface area contributed by atoms with E-state index in [1.54, 1.807) is 30.3 Å². The molecule has 1 aromatic heterocycles. The zero-order valence-corrected chi connectivity index (χ0v) is 15.0. The van der Waals surface area contributed by atoms with E-state index in [4.69, 9.17) is 4.74 Å². The van der Waals surface area contributed by atoms with Crippen molar-refractivity contribution >= 4 is 28.6 Å². The molecule has 3 aromatic rings. The minimum Gasteiger partial charge on any atom is -0.452 e. The van der Waals surface area contributed by atoms with E-state index >= 15 is 0 Å². The van der Waals surface area contributed by atoms with Crippen LogP contribution in [0.1, 0.15) is 35.7 Å². The van der Waals surface area contributed by atoms with Gasteiger partial charge in [0.15, 0.2) is 6.61 Å². The predicted octanol–water partition coefficient (Wildman–Crippen LogP) is 2.99. The summed E-state index contributed by atoms with van der Waals surface area (Å²) in [5.74, 6) is -1.00. The summed E-state index contributed by atoms with van der Waals surface area (Å²) in [7, 11) is 0. The lowest BCUT2D eigenvalue weighted by molar-refractivity contribution is -0.119. The molecule has 0 aliphatic carbocycles. The van der Waals surface area contributed by atoms with Crippen molar-refractivity contribution in [1.29, 1.82) is 0 Å². The summed E-state index contributed by atoms with van der Waals surface area (Å²) in [6, 6.07) is 12.2. The number of fused-ring (bicyclic) bond motifs is 1. The number of ether oxygens (including phenoxy) is 1. The monoisotopic (exact) mass is 367 g/mol. The topological polar surface area (TPSA) is 104 Å². The largest absolute Gasteiger partial charge is 0.452 e. The fourth-order valence-corrected chi connectivity index (χ4v) is 2.71. The van der Waals surface area contributed by atoms with Crippen molar-refractivity contribution in [2.75, 3.05) is 11.9 Å². The second-order valence-corrected chi connectivity index (χ2v) is 6.26. The minimum absolute atomic E-state index is 0.317. The zero-order chi connectivity index (χ0) is 19.2. The van der Waals surface area contributed by atoms with E-state index in [9.17, 15) is 14.4 Å². The van der Waals surface area contributed by atoms with Crippen LogP contribution in [0.25, 0.3) is 11.0 Å². The summed E-state index contributed by atoms with van der Waals surface area (Å²) >= 11 is 0. The maximum Gasteiger partial charge on any atom is 0.338 e. The Morgan fingerprint density at radius 1 is 1.04 bits per heavy atom. The molecule has 3 rings (SSSR count). The van der Waals surface area contributed by atoms with Crippen LogP contribution in [0.2, 0.25) is 0 Å². The molecule has 0 atom stereocenters. The molecule has 140 valence electrons. The molecule has 0 fully saturated rings. The summed E-state index contributed by atoms with van der Waals surface area (Å²) in [4.78, 5) is 40.5. The molecule has 0 saturated carbocycles. The molecule has 0 radical (unpaired) electrons. The van der Waals surface area contributed by atoms with Crippen LogP contribution >= 0.6 is 0 Å². The molecule has 1 heterocycles. The van der Waals surface area contributed by atoms with Gasteiger partial charge in [0.25, 0.3) is 5.91 Å². The molecule has 0 unspecified atom stereocenters. The molecule has 0 aliphatic heterocycles. The van der Waals surface area contributed by atoms with Gasteiger partial charge in [-0.1, -0.05) is 25.5 Å². The Balaban J connectivity index is 1.53. The molecule has 2 aromatic carbocycles. The first-order valence-corrected chi connectivity index (χ1v) is 8.83. The number of rotatable bonds is 7. The van der Waals surface area contributed by atoms with Gasteiger partial charge in [0.1, 0.15) is 0 Å². The molecule has 1 amide bonds. The van der Waals surface area contributed by atoms with Crippen LogP contribution in [0, 0.1) is 0 Å². The SMILES string of the molecule is CCCCc1ccc(C(=O)OCC(=O)Nc2ccc3[nH]c(=O)[nH]c3c2)cc1. The van der Waals surface area contributed by atoms with Gasteiger partial charge in [-0.25, -0.2) is 9.59 Å². The number of imidazole rings is 1. The first-order valence-electron chi connectivity index (χ1n) is 8.83. The number of aromatic nitrogens is 2. The van der Waals surface area contributed by atoms with E-state index in [1.165, 1.54) is 5.56 Å². The second kappa shape index (κ2) is 8.35. The number of carbonyl (C=O) groups excluding carboxylic acids is 2. The Morgan fingerprint density at radius 2 is 1.78 bits per heavy atom. The first-order chi connectivity index (χ1) is 13.0. The fourth-order valence-electron chi connectivity index (χ4n) is 2.71. The number of hydrogen-bond donors (Lipinski definition) is 3. The molecule has 0 aliphatic rings. The van der Waals surface area contributed by atoms with E-state index in [0.717, 1.165) is 19.3 Å². The minimum atomic E-state index is -0.544. The summed E-state index contributed by atoms with van der Waals surface area (Å²) in [6.45, 7) is 1.74. The van der Waals surface area contributed by atoms with E-state index < -0.39 is 18.5 Å². The molecule has 3 N–H and O–H groups in total. The summed E-state index contributed by atoms with van der Waals surface area (Å²) in [5.41, 5.74) is 2.99. The highest BCUT2D eigenvalue weighted by atomic mass is 16.5. The van der Waals surface area contributed by atoms with Crippen molar-refractivity contribution in [1.82, 2.24) is 9.97 Å². The van der Waals surface area contributed by atoms with Crippen LogP contribution in [-0.4, -0.2) is 28.5 Å². The van der Waals surface area contributed by atoms with Crippen molar-refractivity contribution in [3.63, 3.8) is 0 Å². The third kappa shape index (κ3) is 4.84. The number of benzene rings is 2. The number of esters is 1. The number of H-pyrrole nitrogens is 2. The van der Waals surface area contributed by atoms with Crippen LogP contribution in [0.5, 0.6) is 0 Å². The number of carbonyl (C=O) groups is 2. The Bertz CT molecular complexity index is 1000. The number of anilines is 1. The molecule has 0 spiro atoms. The van der Waals surface area contributed by atoms with Crippen LogP contribution in [0.15, 0.2) is 47.3 Å². The summed E-state index contributed by atoms with van der Waals surface area (Å²) in [6.07, 6.45) is 3.20. The summed E-state index contributed by atoms with van der Waals surface area (Å²) < 4.78 is 5.06. The van der Waals surface area contributed by atoms with Crippen LogP contribution in [-0.2, 0) is 16.0 Å². The van der Waals surface area contributed by atoms with E-state index in [-0.39, 0.29) is 5.69 Å². The van der Waals surface area contributed by atoms with Crippen molar-refractivity contribution < 1.29 is 14.3 Å². The number of aromatic amines is 2. The standard InChI is InChI=1S/C20H21N3O4/c1-2-3-4-13-5-7-14(8-6-13)19(25)27-12-18(24)21-15-9-10-16-17(11-15)23-20(26)22-16/h5-11H,2-4,12H2,1H3,(H,21,24)(H2,22,23,26). The molecular weight excluding hydrogens is 346 g/mol. The average Bonchev–Trinajstić information content (AvgIpc) is 3.04. The number of hydrogen-bond acceptors (Lipinski definition) is 4. The Hall–Kier alpha value is -3.35. The smallest absolute Gasteiger partial charge is 0.338 e. The second-order valence-electron chi connectivity index (χ2n) is 6.26. The van der Waals surface area contributed by atoms with Gasteiger partial charge in [-0.05, 0) is 48.7 Å². The van der Waals surface area contributed by atoms with Gasteiger partial charge in [0.2, 0.25) is 0 Å². The van der Waals surface area contributed by atoms with E-state index in [1.807, 2.05) is 12.1 Å². The third-order valence-electron chi connectivity index (χ3n) is 4.14. The van der Waals surface area contributed by atoms with Gasteiger partial charge >= 0.3 is 11.7 Å².